The summed E-state index contributed by atoms with van der Waals surface area (Å²) >= 11 is 0. The molecule has 0 aromatic heterocycles. The lowest BCUT2D eigenvalue weighted by Gasteiger charge is -2.12. The van der Waals surface area contributed by atoms with Gasteiger partial charge in [-0.05, 0) is 49.4 Å². The van der Waals surface area contributed by atoms with Crippen molar-refractivity contribution in [2.75, 3.05) is 14.2 Å². The fraction of sp³-hybridized carbons (Fsp3) is 0.500. The predicted octanol–water partition coefficient (Wildman–Crippen LogP) is 3.26. The normalized spacial score (nSPS) is 10.1. The van der Waals surface area contributed by atoms with Gasteiger partial charge in [-0.3, -0.25) is 5.41 Å². The van der Waals surface area contributed by atoms with Crippen LogP contribution in [0.15, 0.2) is 12.1 Å². The lowest BCUT2D eigenvalue weighted by molar-refractivity contribution is 0.384. The van der Waals surface area contributed by atoms with Crippen molar-refractivity contribution in [1.82, 2.24) is 0 Å². The molecular formula is C14H21NO2. The van der Waals surface area contributed by atoms with Crippen LogP contribution in [-0.2, 0) is 11.2 Å². The highest BCUT2D eigenvalue weighted by Crippen LogP contribution is 2.24. The summed E-state index contributed by atoms with van der Waals surface area (Å²) in [5.74, 6) is 1.30. The molecule has 0 amide bonds. The number of benzene rings is 1. The van der Waals surface area contributed by atoms with Gasteiger partial charge >= 0.3 is 0 Å². The molecule has 1 aromatic carbocycles. The first-order valence-corrected chi connectivity index (χ1v) is 5.84. The lowest BCUT2D eigenvalue weighted by atomic mass is 9.98. The zero-order valence-corrected chi connectivity index (χ0v) is 11.1. The van der Waals surface area contributed by atoms with Crippen molar-refractivity contribution in [3.63, 3.8) is 0 Å². The van der Waals surface area contributed by atoms with Crippen molar-refractivity contribution in [3.05, 3.63) is 28.8 Å². The Bertz CT molecular complexity index is 399. The van der Waals surface area contributed by atoms with E-state index in [0.717, 1.165) is 18.6 Å². The SMILES string of the molecule is COC(=N)CCCc1ccc(OC)c(C)c1C. The minimum Gasteiger partial charge on any atom is -0.496 e. The fourth-order valence-electron chi connectivity index (χ4n) is 1.89. The first-order valence-electron chi connectivity index (χ1n) is 5.84. The molecule has 0 aliphatic heterocycles. The Kier molecular flexibility index (Phi) is 5.01. The summed E-state index contributed by atoms with van der Waals surface area (Å²) in [6.07, 6.45) is 2.61. The van der Waals surface area contributed by atoms with E-state index in [2.05, 4.69) is 19.9 Å². The third kappa shape index (κ3) is 3.48. The molecule has 0 unspecified atom stereocenters. The number of aryl methyl sites for hydroxylation is 1. The summed E-state index contributed by atoms with van der Waals surface area (Å²) in [7, 11) is 3.24. The molecule has 0 heterocycles. The Labute approximate surface area is 103 Å². The van der Waals surface area contributed by atoms with Crippen molar-refractivity contribution in [2.24, 2.45) is 0 Å². The third-order valence-corrected chi connectivity index (χ3v) is 3.17. The van der Waals surface area contributed by atoms with E-state index in [1.54, 1.807) is 14.2 Å². The molecule has 0 bridgehead atoms. The zero-order chi connectivity index (χ0) is 12.8. The first-order chi connectivity index (χ1) is 8.10. The van der Waals surface area contributed by atoms with Crippen molar-refractivity contribution >= 4 is 5.90 Å². The molecule has 0 saturated carbocycles. The van der Waals surface area contributed by atoms with Gasteiger partial charge in [0.2, 0.25) is 0 Å². The highest BCUT2D eigenvalue weighted by atomic mass is 16.5. The summed E-state index contributed by atoms with van der Waals surface area (Å²) in [4.78, 5) is 0. The topological polar surface area (TPSA) is 42.3 Å². The molecule has 0 aliphatic rings. The average Bonchev–Trinajstić information content (AvgIpc) is 2.34. The number of rotatable bonds is 5. The van der Waals surface area contributed by atoms with Crippen LogP contribution in [0.2, 0.25) is 0 Å². The fourth-order valence-corrected chi connectivity index (χ4v) is 1.89. The molecule has 0 fully saturated rings. The molecule has 17 heavy (non-hydrogen) atoms. The van der Waals surface area contributed by atoms with Gasteiger partial charge in [0, 0.05) is 6.42 Å². The van der Waals surface area contributed by atoms with E-state index >= 15 is 0 Å². The molecule has 0 atom stereocenters. The van der Waals surface area contributed by atoms with Crippen molar-refractivity contribution in [2.45, 2.75) is 33.1 Å². The molecule has 0 spiro atoms. The Hall–Kier alpha value is -1.51. The number of hydrogen-bond acceptors (Lipinski definition) is 3. The van der Waals surface area contributed by atoms with Crippen molar-refractivity contribution in [3.8, 4) is 5.75 Å². The van der Waals surface area contributed by atoms with E-state index in [0.29, 0.717) is 12.3 Å². The Morgan fingerprint density at radius 3 is 2.47 bits per heavy atom. The van der Waals surface area contributed by atoms with Crippen LogP contribution in [0.5, 0.6) is 5.75 Å². The highest BCUT2D eigenvalue weighted by molar-refractivity contribution is 5.72. The molecule has 3 heteroatoms. The number of hydrogen-bond donors (Lipinski definition) is 1. The smallest absolute Gasteiger partial charge is 0.180 e. The maximum Gasteiger partial charge on any atom is 0.180 e. The van der Waals surface area contributed by atoms with E-state index in [1.807, 2.05) is 6.07 Å². The van der Waals surface area contributed by atoms with Crippen LogP contribution in [0.1, 0.15) is 29.5 Å². The summed E-state index contributed by atoms with van der Waals surface area (Å²) < 4.78 is 10.1. The second kappa shape index (κ2) is 6.28. The predicted molar refractivity (Wildman–Crippen MR) is 70.1 cm³/mol. The molecule has 0 saturated heterocycles. The van der Waals surface area contributed by atoms with E-state index < -0.39 is 0 Å². The van der Waals surface area contributed by atoms with Gasteiger partial charge in [0.25, 0.3) is 0 Å². The minimum absolute atomic E-state index is 0.355. The number of methoxy groups -OCH3 is 2. The van der Waals surface area contributed by atoms with E-state index in [-0.39, 0.29) is 0 Å². The van der Waals surface area contributed by atoms with Crippen LogP contribution in [0.4, 0.5) is 0 Å². The number of ether oxygens (including phenoxy) is 2. The molecule has 3 nitrogen and oxygen atoms in total. The summed E-state index contributed by atoms with van der Waals surface area (Å²) in [6, 6.07) is 4.12. The van der Waals surface area contributed by atoms with Gasteiger partial charge in [-0.25, -0.2) is 0 Å². The van der Waals surface area contributed by atoms with Gasteiger partial charge in [0.15, 0.2) is 5.90 Å². The Balaban J connectivity index is 2.66. The van der Waals surface area contributed by atoms with Gasteiger partial charge < -0.3 is 9.47 Å². The minimum atomic E-state index is 0.355. The second-order valence-corrected chi connectivity index (χ2v) is 4.16. The molecule has 0 aliphatic carbocycles. The van der Waals surface area contributed by atoms with E-state index in [1.165, 1.54) is 16.7 Å². The van der Waals surface area contributed by atoms with Crippen LogP contribution in [0.25, 0.3) is 0 Å². The van der Waals surface area contributed by atoms with Gasteiger partial charge in [-0.2, -0.15) is 0 Å². The van der Waals surface area contributed by atoms with E-state index in [9.17, 15) is 0 Å². The van der Waals surface area contributed by atoms with Gasteiger partial charge in [0.05, 0.1) is 14.2 Å². The van der Waals surface area contributed by atoms with Crippen LogP contribution in [0, 0.1) is 19.3 Å². The Morgan fingerprint density at radius 1 is 1.18 bits per heavy atom. The third-order valence-electron chi connectivity index (χ3n) is 3.17. The molecule has 1 aromatic rings. The standard InChI is InChI=1S/C14H21NO2/c1-10-11(2)13(16-3)9-8-12(10)6-5-7-14(15)17-4/h8-9,15H,5-7H2,1-4H3. The first kappa shape index (κ1) is 13.6. The van der Waals surface area contributed by atoms with Crippen LogP contribution < -0.4 is 4.74 Å². The number of nitrogens with one attached hydrogen (secondary N) is 1. The second-order valence-electron chi connectivity index (χ2n) is 4.16. The van der Waals surface area contributed by atoms with Gasteiger partial charge in [-0.1, -0.05) is 6.07 Å². The quantitative estimate of drug-likeness (QED) is 0.628. The average molecular weight is 235 g/mol. The molecule has 1 rings (SSSR count). The summed E-state index contributed by atoms with van der Waals surface area (Å²) in [5, 5.41) is 7.42. The van der Waals surface area contributed by atoms with Crippen molar-refractivity contribution < 1.29 is 9.47 Å². The maximum absolute atomic E-state index is 7.42. The van der Waals surface area contributed by atoms with Crippen molar-refractivity contribution in [1.29, 1.82) is 5.41 Å². The Morgan fingerprint density at radius 2 is 1.88 bits per heavy atom. The molecule has 1 N–H and O–H groups in total. The van der Waals surface area contributed by atoms with Crippen LogP contribution >= 0.6 is 0 Å². The largest absolute Gasteiger partial charge is 0.496 e. The van der Waals surface area contributed by atoms with Gasteiger partial charge in [-0.15, -0.1) is 0 Å². The summed E-state index contributed by atoms with van der Waals surface area (Å²) in [6.45, 7) is 4.20. The van der Waals surface area contributed by atoms with Crippen LogP contribution in [-0.4, -0.2) is 20.1 Å². The zero-order valence-electron chi connectivity index (χ0n) is 11.1. The highest BCUT2D eigenvalue weighted by Gasteiger charge is 2.06. The monoisotopic (exact) mass is 235 g/mol. The lowest BCUT2D eigenvalue weighted by Crippen LogP contribution is -2.01. The molecular weight excluding hydrogens is 214 g/mol. The molecule has 0 radical (unpaired) electrons. The summed E-state index contributed by atoms with van der Waals surface area (Å²) in [5.41, 5.74) is 3.81. The maximum atomic E-state index is 7.42. The van der Waals surface area contributed by atoms with E-state index in [4.69, 9.17) is 14.9 Å². The van der Waals surface area contributed by atoms with Crippen LogP contribution in [0.3, 0.4) is 0 Å². The van der Waals surface area contributed by atoms with Gasteiger partial charge in [0.1, 0.15) is 5.75 Å². The molecule has 94 valence electrons.